The van der Waals surface area contributed by atoms with Gasteiger partial charge < -0.3 is 4.74 Å². The third-order valence-corrected chi connectivity index (χ3v) is 4.74. The van der Waals surface area contributed by atoms with Gasteiger partial charge in [-0.15, -0.1) is 11.6 Å². The Morgan fingerprint density at radius 2 is 2.28 bits per heavy atom. The number of rotatable bonds is 4. The molecule has 0 aliphatic carbocycles. The Balaban J connectivity index is 2.24. The van der Waals surface area contributed by atoms with E-state index in [9.17, 15) is 0 Å². The number of aryl methyl sites for hydroxylation is 2. The Hall–Kier alpha value is -0.250. The van der Waals surface area contributed by atoms with Crippen LogP contribution in [0.2, 0.25) is 5.02 Å². The van der Waals surface area contributed by atoms with Gasteiger partial charge in [0.05, 0.1) is 23.0 Å². The van der Waals surface area contributed by atoms with Gasteiger partial charge in [-0.3, -0.25) is 4.68 Å². The highest BCUT2D eigenvalue weighted by molar-refractivity contribution is 6.31. The smallest absolute Gasteiger partial charge is 0.0849 e. The van der Waals surface area contributed by atoms with Crippen molar-refractivity contribution < 1.29 is 4.74 Å². The van der Waals surface area contributed by atoms with Gasteiger partial charge in [0.1, 0.15) is 0 Å². The molecule has 3 nitrogen and oxygen atoms in total. The van der Waals surface area contributed by atoms with Crippen LogP contribution in [0.25, 0.3) is 0 Å². The fourth-order valence-corrected chi connectivity index (χ4v) is 3.24. The first-order chi connectivity index (χ1) is 8.62. The Morgan fingerprint density at radius 1 is 1.50 bits per heavy atom. The number of alkyl halides is 1. The lowest BCUT2D eigenvalue weighted by atomic mass is 9.80. The fourth-order valence-electron chi connectivity index (χ4n) is 2.57. The zero-order chi connectivity index (χ0) is 13.2. The lowest BCUT2D eigenvalue weighted by Gasteiger charge is -2.35. The Morgan fingerprint density at radius 3 is 2.78 bits per heavy atom. The average molecular weight is 291 g/mol. The molecule has 0 amide bonds. The van der Waals surface area contributed by atoms with E-state index in [2.05, 4.69) is 12.0 Å². The standard InChI is InChI=1S/C13H20Cl2N2O/c1-3-10-12(15)11(17(2)16-10)7-13(8-14)5-4-6-18-9-13/h3-9H2,1-2H3. The molecule has 0 aromatic carbocycles. The molecule has 0 spiro atoms. The van der Waals surface area contributed by atoms with Gasteiger partial charge in [-0.2, -0.15) is 5.10 Å². The van der Waals surface area contributed by atoms with Gasteiger partial charge in [0.25, 0.3) is 0 Å². The van der Waals surface area contributed by atoms with E-state index >= 15 is 0 Å². The average Bonchev–Trinajstić information content (AvgIpc) is 2.67. The molecule has 0 bridgehead atoms. The molecule has 2 rings (SSSR count). The van der Waals surface area contributed by atoms with E-state index in [1.165, 1.54) is 0 Å². The number of halogens is 2. The second kappa shape index (κ2) is 5.81. The van der Waals surface area contributed by atoms with Gasteiger partial charge >= 0.3 is 0 Å². The zero-order valence-corrected chi connectivity index (χ0v) is 12.5. The number of hydrogen-bond donors (Lipinski definition) is 0. The molecule has 102 valence electrons. The minimum atomic E-state index is 0.0161. The maximum atomic E-state index is 6.40. The molecule has 1 saturated heterocycles. The molecule has 1 aromatic heterocycles. The number of ether oxygens (including phenoxy) is 1. The van der Waals surface area contributed by atoms with Gasteiger partial charge in [0.15, 0.2) is 0 Å². The molecular formula is C13H20Cl2N2O. The molecule has 18 heavy (non-hydrogen) atoms. The largest absolute Gasteiger partial charge is 0.381 e. The molecular weight excluding hydrogens is 271 g/mol. The first-order valence-electron chi connectivity index (χ1n) is 6.46. The normalized spacial score (nSPS) is 24.4. The van der Waals surface area contributed by atoms with E-state index in [0.29, 0.717) is 5.88 Å². The highest BCUT2D eigenvalue weighted by Crippen LogP contribution is 2.36. The molecule has 5 heteroatoms. The summed E-state index contributed by atoms with van der Waals surface area (Å²) in [5.41, 5.74) is 2.07. The van der Waals surface area contributed by atoms with Crippen LogP contribution in [0.15, 0.2) is 0 Å². The summed E-state index contributed by atoms with van der Waals surface area (Å²) in [5, 5.41) is 5.26. The van der Waals surface area contributed by atoms with Gasteiger partial charge in [0.2, 0.25) is 0 Å². The quantitative estimate of drug-likeness (QED) is 0.796. The minimum Gasteiger partial charge on any atom is -0.381 e. The highest BCUT2D eigenvalue weighted by Gasteiger charge is 2.34. The van der Waals surface area contributed by atoms with Crippen molar-refractivity contribution >= 4 is 23.2 Å². The van der Waals surface area contributed by atoms with E-state index in [4.69, 9.17) is 27.9 Å². The van der Waals surface area contributed by atoms with E-state index in [0.717, 1.165) is 55.3 Å². The molecule has 1 unspecified atom stereocenters. The SMILES string of the molecule is CCc1nn(C)c(CC2(CCl)CCCOC2)c1Cl. The summed E-state index contributed by atoms with van der Waals surface area (Å²) >= 11 is 12.6. The van der Waals surface area contributed by atoms with E-state index in [1.54, 1.807) is 0 Å². The second-order valence-corrected chi connectivity index (χ2v) is 5.80. The number of hydrogen-bond acceptors (Lipinski definition) is 2. The first-order valence-corrected chi connectivity index (χ1v) is 7.37. The predicted octanol–water partition coefficient (Wildman–Crippen LogP) is 3.21. The van der Waals surface area contributed by atoms with Gasteiger partial charge in [0, 0.05) is 24.9 Å². The summed E-state index contributed by atoms with van der Waals surface area (Å²) < 4.78 is 7.50. The van der Waals surface area contributed by atoms with Crippen LogP contribution < -0.4 is 0 Å². The molecule has 1 aromatic rings. The molecule has 0 saturated carbocycles. The lowest BCUT2D eigenvalue weighted by molar-refractivity contribution is 0.00391. The van der Waals surface area contributed by atoms with Crippen molar-refractivity contribution in [2.24, 2.45) is 12.5 Å². The maximum Gasteiger partial charge on any atom is 0.0849 e. The number of aromatic nitrogens is 2. The van der Waals surface area contributed by atoms with Crippen LogP contribution in [0.5, 0.6) is 0 Å². The van der Waals surface area contributed by atoms with Crippen molar-refractivity contribution in [3.05, 3.63) is 16.4 Å². The highest BCUT2D eigenvalue weighted by atomic mass is 35.5. The Bertz CT molecular complexity index is 411. The van der Waals surface area contributed by atoms with Crippen molar-refractivity contribution in [2.75, 3.05) is 19.1 Å². The van der Waals surface area contributed by atoms with Crippen LogP contribution in [0, 0.1) is 5.41 Å². The minimum absolute atomic E-state index is 0.0161. The van der Waals surface area contributed by atoms with Crippen LogP contribution in [0.4, 0.5) is 0 Å². The Kier molecular flexibility index (Phi) is 4.57. The van der Waals surface area contributed by atoms with E-state index < -0.39 is 0 Å². The molecule has 1 atom stereocenters. The number of nitrogens with zero attached hydrogens (tertiary/aromatic N) is 2. The summed E-state index contributed by atoms with van der Waals surface area (Å²) in [6.45, 7) is 3.64. The van der Waals surface area contributed by atoms with Crippen molar-refractivity contribution in [3.63, 3.8) is 0 Å². The van der Waals surface area contributed by atoms with Crippen LogP contribution in [-0.2, 0) is 24.6 Å². The maximum absolute atomic E-state index is 6.40. The second-order valence-electron chi connectivity index (χ2n) is 5.15. The van der Waals surface area contributed by atoms with Gasteiger partial charge in [-0.05, 0) is 25.7 Å². The van der Waals surface area contributed by atoms with Crippen LogP contribution in [0.1, 0.15) is 31.2 Å². The van der Waals surface area contributed by atoms with Crippen molar-refractivity contribution in [3.8, 4) is 0 Å². The van der Waals surface area contributed by atoms with Crippen LogP contribution in [0.3, 0.4) is 0 Å². The van der Waals surface area contributed by atoms with Crippen LogP contribution in [-0.4, -0.2) is 28.9 Å². The monoisotopic (exact) mass is 290 g/mol. The van der Waals surface area contributed by atoms with E-state index in [1.807, 2.05) is 11.7 Å². The summed E-state index contributed by atoms with van der Waals surface area (Å²) in [6, 6.07) is 0. The topological polar surface area (TPSA) is 27.1 Å². The molecule has 1 aliphatic heterocycles. The molecule has 1 fully saturated rings. The fraction of sp³-hybridized carbons (Fsp3) is 0.769. The summed E-state index contributed by atoms with van der Waals surface area (Å²) in [5.74, 6) is 0.607. The molecule has 1 aliphatic rings. The zero-order valence-electron chi connectivity index (χ0n) is 11.0. The lowest BCUT2D eigenvalue weighted by Crippen LogP contribution is -2.36. The third kappa shape index (κ3) is 2.68. The molecule has 0 radical (unpaired) electrons. The molecule has 0 N–H and O–H groups in total. The third-order valence-electron chi connectivity index (χ3n) is 3.73. The first kappa shape index (κ1) is 14.2. The van der Waals surface area contributed by atoms with Crippen molar-refractivity contribution in [2.45, 2.75) is 32.6 Å². The summed E-state index contributed by atoms with van der Waals surface area (Å²) in [6.07, 6.45) is 3.87. The summed E-state index contributed by atoms with van der Waals surface area (Å²) in [4.78, 5) is 0. The summed E-state index contributed by atoms with van der Waals surface area (Å²) in [7, 11) is 1.95. The van der Waals surface area contributed by atoms with Crippen LogP contribution >= 0.6 is 23.2 Å². The predicted molar refractivity (Wildman–Crippen MR) is 74.5 cm³/mol. The van der Waals surface area contributed by atoms with Gasteiger partial charge in [-0.1, -0.05) is 18.5 Å². The van der Waals surface area contributed by atoms with E-state index in [-0.39, 0.29) is 5.41 Å². The van der Waals surface area contributed by atoms with Crippen molar-refractivity contribution in [1.82, 2.24) is 9.78 Å². The van der Waals surface area contributed by atoms with Crippen molar-refractivity contribution in [1.29, 1.82) is 0 Å². The van der Waals surface area contributed by atoms with Gasteiger partial charge in [-0.25, -0.2) is 0 Å². The molecule has 2 heterocycles. The Labute approximate surface area is 118 Å².